The van der Waals surface area contributed by atoms with E-state index in [4.69, 9.17) is 4.74 Å². The Labute approximate surface area is 174 Å². The van der Waals surface area contributed by atoms with Gasteiger partial charge in [0.05, 0.1) is 23.9 Å². The van der Waals surface area contributed by atoms with Crippen molar-refractivity contribution in [2.24, 2.45) is 0 Å². The quantitative estimate of drug-likeness (QED) is 0.572. The summed E-state index contributed by atoms with van der Waals surface area (Å²) in [6.45, 7) is 0.0910. The molecule has 0 bridgehead atoms. The fourth-order valence-electron chi connectivity index (χ4n) is 3.47. The van der Waals surface area contributed by atoms with Crippen LogP contribution in [0.4, 0.5) is 15.8 Å². The molecule has 8 heteroatoms. The Kier molecular flexibility index (Phi) is 6.62. The van der Waals surface area contributed by atoms with Crippen molar-refractivity contribution in [1.29, 1.82) is 0 Å². The number of benzene rings is 2. The number of likely N-dealkylation sites (N-methyl/N-ethyl adjacent to an activating group) is 1. The van der Waals surface area contributed by atoms with Crippen molar-refractivity contribution in [2.75, 3.05) is 32.3 Å². The molecule has 0 saturated carbocycles. The third kappa shape index (κ3) is 4.04. The number of para-hydroxylation sites is 1. The Morgan fingerprint density at radius 2 is 1.93 bits per heavy atom. The number of rotatable bonds is 6. The van der Waals surface area contributed by atoms with Crippen molar-refractivity contribution < 1.29 is 17.5 Å². The van der Waals surface area contributed by atoms with Crippen LogP contribution in [-0.4, -0.2) is 46.1 Å². The molecule has 0 N–H and O–H groups in total. The molecule has 0 aliphatic carbocycles. The number of hydrogen-bond donors (Lipinski definition) is 0. The number of ether oxygens (including phenoxy) is 1. The minimum atomic E-state index is -3.74. The Bertz CT molecular complexity index is 925. The van der Waals surface area contributed by atoms with E-state index in [1.54, 1.807) is 19.2 Å². The molecule has 0 radical (unpaired) electrons. The zero-order valence-electron chi connectivity index (χ0n) is 15.9. The Hall–Kier alpha value is -1.64. The standard InChI is InChI=1S/C20H24BrFN2O3S/c1-23-16(10-6-7-11-22)14-24(15-8-4-3-5-9-15)18-12-17(21)19(27-2)13-20(18)28(23,25)26/h3-5,8-9,12-13,16H,6-7,10-11,14H2,1-2H3. The van der Waals surface area contributed by atoms with E-state index in [2.05, 4.69) is 15.9 Å². The van der Waals surface area contributed by atoms with Crippen molar-refractivity contribution in [3.05, 3.63) is 46.9 Å². The Balaban J connectivity index is 2.17. The highest BCUT2D eigenvalue weighted by molar-refractivity contribution is 9.10. The maximum Gasteiger partial charge on any atom is 0.245 e. The van der Waals surface area contributed by atoms with Crippen LogP contribution in [0.25, 0.3) is 0 Å². The molecule has 2 aromatic carbocycles. The summed E-state index contributed by atoms with van der Waals surface area (Å²) in [5.41, 5.74) is 1.50. The lowest BCUT2D eigenvalue weighted by Crippen LogP contribution is -2.40. The third-order valence-corrected chi connectivity index (χ3v) is 7.64. The van der Waals surface area contributed by atoms with Crippen molar-refractivity contribution in [2.45, 2.75) is 30.2 Å². The van der Waals surface area contributed by atoms with E-state index >= 15 is 0 Å². The summed E-state index contributed by atoms with van der Waals surface area (Å²) in [6, 6.07) is 12.8. The van der Waals surface area contributed by atoms with Gasteiger partial charge in [-0.2, -0.15) is 4.31 Å². The SMILES string of the molecule is COc1cc2c(cc1Br)N(c1ccccc1)CC(CCCCF)N(C)S2(=O)=O. The number of fused-ring (bicyclic) bond motifs is 1. The van der Waals surface area contributed by atoms with Crippen LogP contribution in [0, 0.1) is 0 Å². The summed E-state index contributed by atoms with van der Waals surface area (Å²) in [7, 11) is -0.629. The molecule has 1 unspecified atom stereocenters. The van der Waals surface area contributed by atoms with Gasteiger partial charge in [0.2, 0.25) is 10.0 Å². The largest absolute Gasteiger partial charge is 0.496 e. The fraction of sp³-hybridized carbons (Fsp3) is 0.400. The second-order valence-corrected chi connectivity index (χ2v) is 9.58. The summed E-state index contributed by atoms with van der Waals surface area (Å²) in [4.78, 5) is 2.22. The normalized spacial score (nSPS) is 19.1. The van der Waals surface area contributed by atoms with Crippen LogP contribution >= 0.6 is 15.9 Å². The van der Waals surface area contributed by atoms with Crippen LogP contribution in [0.3, 0.4) is 0 Å². The lowest BCUT2D eigenvalue weighted by molar-refractivity contribution is 0.341. The van der Waals surface area contributed by atoms with Gasteiger partial charge in [0.1, 0.15) is 10.6 Å². The van der Waals surface area contributed by atoms with E-state index in [9.17, 15) is 12.8 Å². The molecule has 0 spiro atoms. The first-order valence-corrected chi connectivity index (χ1v) is 11.4. The van der Waals surface area contributed by atoms with Crippen LogP contribution in [0.2, 0.25) is 0 Å². The highest BCUT2D eigenvalue weighted by Crippen LogP contribution is 2.42. The molecule has 1 aliphatic rings. The van der Waals surface area contributed by atoms with E-state index in [0.29, 0.717) is 41.7 Å². The molecule has 1 atom stereocenters. The molecule has 0 fully saturated rings. The van der Waals surface area contributed by atoms with Crippen molar-refractivity contribution in [1.82, 2.24) is 4.31 Å². The topological polar surface area (TPSA) is 49.9 Å². The summed E-state index contributed by atoms with van der Waals surface area (Å²) >= 11 is 3.48. The summed E-state index contributed by atoms with van der Waals surface area (Å²) in [5.74, 6) is 0.458. The molecule has 28 heavy (non-hydrogen) atoms. The first-order chi connectivity index (χ1) is 13.4. The van der Waals surface area contributed by atoms with Crippen LogP contribution in [0.5, 0.6) is 5.75 Å². The zero-order chi connectivity index (χ0) is 20.3. The Morgan fingerprint density at radius 1 is 1.21 bits per heavy atom. The van der Waals surface area contributed by atoms with Crippen LogP contribution < -0.4 is 9.64 Å². The number of unbranched alkanes of at least 4 members (excludes halogenated alkanes) is 1. The number of hydrogen-bond acceptors (Lipinski definition) is 4. The van der Waals surface area contributed by atoms with Gasteiger partial charge in [-0.05, 0) is 53.4 Å². The van der Waals surface area contributed by atoms with Crippen LogP contribution in [0.1, 0.15) is 19.3 Å². The highest BCUT2D eigenvalue weighted by Gasteiger charge is 2.37. The van der Waals surface area contributed by atoms with Crippen LogP contribution in [0.15, 0.2) is 51.8 Å². The van der Waals surface area contributed by atoms with Gasteiger partial charge in [-0.15, -0.1) is 0 Å². The molecule has 1 heterocycles. The number of anilines is 2. The number of sulfonamides is 1. The molecular weight excluding hydrogens is 447 g/mol. The van der Waals surface area contributed by atoms with Gasteiger partial charge in [-0.25, -0.2) is 8.42 Å². The predicted octanol–water partition coefficient (Wildman–Crippen LogP) is 4.74. The number of nitrogens with zero attached hydrogens (tertiary/aromatic N) is 2. The minimum Gasteiger partial charge on any atom is -0.496 e. The zero-order valence-corrected chi connectivity index (χ0v) is 18.3. The average Bonchev–Trinajstić information content (AvgIpc) is 2.77. The van der Waals surface area contributed by atoms with E-state index in [-0.39, 0.29) is 10.9 Å². The van der Waals surface area contributed by atoms with Gasteiger partial charge in [-0.1, -0.05) is 18.2 Å². The van der Waals surface area contributed by atoms with Crippen LogP contribution in [-0.2, 0) is 10.0 Å². The lowest BCUT2D eigenvalue weighted by Gasteiger charge is -2.29. The van der Waals surface area contributed by atoms with E-state index < -0.39 is 16.7 Å². The summed E-state index contributed by atoms with van der Waals surface area (Å²) in [6.07, 6.45) is 1.66. The van der Waals surface area contributed by atoms with Crippen molar-refractivity contribution in [3.63, 3.8) is 0 Å². The third-order valence-electron chi connectivity index (χ3n) is 5.08. The van der Waals surface area contributed by atoms with Gasteiger partial charge >= 0.3 is 0 Å². The molecule has 0 saturated heterocycles. The smallest absolute Gasteiger partial charge is 0.245 e. The second-order valence-electron chi connectivity index (χ2n) is 6.76. The van der Waals surface area contributed by atoms with E-state index in [1.165, 1.54) is 11.4 Å². The molecule has 0 amide bonds. The Morgan fingerprint density at radius 3 is 2.57 bits per heavy atom. The molecule has 0 aromatic heterocycles. The van der Waals surface area contributed by atoms with E-state index in [1.807, 2.05) is 35.2 Å². The maximum atomic E-state index is 13.4. The molecule has 152 valence electrons. The molecule has 2 aromatic rings. The molecule has 1 aliphatic heterocycles. The minimum absolute atomic E-state index is 0.201. The highest BCUT2D eigenvalue weighted by atomic mass is 79.9. The monoisotopic (exact) mass is 470 g/mol. The van der Waals surface area contributed by atoms with Crippen molar-refractivity contribution >= 4 is 37.3 Å². The van der Waals surface area contributed by atoms with Gasteiger partial charge in [0.25, 0.3) is 0 Å². The molecule has 3 rings (SSSR count). The first-order valence-electron chi connectivity index (χ1n) is 9.14. The lowest BCUT2D eigenvalue weighted by atomic mass is 10.1. The van der Waals surface area contributed by atoms with E-state index in [0.717, 1.165) is 5.69 Å². The number of halogens is 2. The van der Waals surface area contributed by atoms with Gasteiger partial charge in [-0.3, -0.25) is 4.39 Å². The average molecular weight is 471 g/mol. The second kappa shape index (κ2) is 8.80. The predicted molar refractivity (Wildman–Crippen MR) is 113 cm³/mol. The summed E-state index contributed by atoms with van der Waals surface area (Å²) in [5, 5.41) is 0. The molecule has 5 nitrogen and oxygen atoms in total. The summed E-state index contributed by atoms with van der Waals surface area (Å²) < 4.78 is 46.8. The van der Waals surface area contributed by atoms with Gasteiger partial charge in [0, 0.05) is 31.4 Å². The van der Waals surface area contributed by atoms with Crippen molar-refractivity contribution in [3.8, 4) is 5.75 Å². The van der Waals surface area contributed by atoms with Gasteiger partial charge < -0.3 is 9.64 Å². The first kappa shape index (κ1) is 21.1. The number of methoxy groups -OCH3 is 1. The fourth-order valence-corrected chi connectivity index (χ4v) is 5.53. The molecular formula is C20H24BrFN2O3S. The van der Waals surface area contributed by atoms with Gasteiger partial charge in [0.15, 0.2) is 0 Å². The number of alkyl halides is 1. The maximum absolute atomic E-state index is 13.4.